The highest BCUT2D eigenvalue weighted by Crippen LogP contribution is 2.42. The van der Waals surface area contributed by atoms with Crippen molar-refractivity contribution in [2.24, 2.45) is 10.4 Å². The molecule has 12 nitrogen and oxygen atoms in total. The molecule has 0 saturated carbocycles. The molecule has 4 heterocycles. The van der Waals surface area contributed by atoms with Gasteiger partial charge >= 0.3 is 0 Å². The lowest BCUT2D eigenvalue weighted by Gasteiger charge is -2.32. The van der Waals surface area contributed by atoms with Gasteiger partial charge in [-0.05, 0) is 70.7 Å². The number of piperazine rings is 1. The number of rotatable bonds is 11. The molecule has 0 aromatic carbocycles. The van der Waals surface area contributed by atoms with Gasteiger partial charge in [0.05, 0.1) is 12.0 Å². The van der Waals surface area contributed by atoms with Crippen molar-refractivity contribution < 1.29 is 22.5 Å². The van der Waals surface area contributed by atoms with Gasteiger partial charge in [0.2, 0.25) is 11.3 Å². The molecule has 1 fully saturated rings. The van der Waals surface area contributed by atoms with Crippen LogP contribution in [0.4, 0.5) is 11.5 Å². The molecule has 1 aliphatic heterocycles. The van der Waals surface area contributed by atoms with E-state index in [9.17, 15) is 18.1 Å². The fourth-order valence-electron chi connectivity index (χ4n) is 5.11. The lowest BCUT2D eigenvalue weighted by Crippen LogP contribution is -2.44. The summed E-state index contributed by atoms with van der Waals surface area (Å²) in [6.07, 6.45) is 4.90. The normalized spacial score (nSPS) is 17.4. The van der Waals surface area contributed by atoms with Crippen molar-refractivity contribution in [2.45, 2.75) is 76.6 Å². The summed E-state index contributed by atoms with van der Waals surface area (Å²) in [5, 5.41) is 12.5. The average molecular weight is 670 g/mol. The van der Waals surface area contributed by atoms with E-state index in [1.807, 2.05) is 6.07 Å². The van der Waals surface area contributed by atoms with Gasteiger partial charge in [0.25, 0.3) is 10.0 Å². The Morgan fingerprint density at radius 2 is 1.91 bits per heavy atom. The Balaban J connectivity index is 1.54. The SMILES string of the molecule is CN1CCN(CCCCc2coc([C@H](N=c3[nH][s+]([O-])nc3N(C)c3csc(S(=O)(=O)NC(C)(C)C)c3O)C(C)(C)C)c2)CC1. The van der Waals surface area contributed by atoms with Gasteiger partial charge in [-0.1, -0.05) is 20.8 Å². The number of hydrogen-bond donors (Lipinski definition) is 3. The Morgan fingerprint density at radius 1 is 1.23 bits per heavy atom. The summed E-state index contributed by atoms with van der Waals surface area (Å²) in [5.74, 6) is 0.499. The predicted molar refractivity (Wildman–Crippen MR) is 175 cm³/mol. The largest absolute Gasteiger partial charge is 0.548 e. The van der Waals surface area contributed by atoms with Crippen LogP contribution in [-0.4, -0.2) is 89.0 Å². The Hall–Kier alpha value is -2.27. The van der Waals surface area contributed by atoms with Gasteiger partial charge < -0.3 is 28.8 Å². The fraction of sp³-hybridized carbons (Fsp3) is 0.655. The summed E-state index contributed by atoms with van der Waals surface area (Å²) in [7, 11) is -0.180. The number of likely N-dealkylation sites (N-methyl/N-ethyl adjacent to an activating group) is 1. The van der Waals surface area contributed by atoms with Crippen molar-refractivity contribution in [2.75, 3.05) is 51.7 Å². The van der Waals surface area contributed by atoms with Crippen LogP contribution in [0.15, 0.2) is 31.3 Å². The van der Waals surface area contributed by atoms with Crippen LogP contribution < -0.4 is 15.1 Å². The summed E-state index contributed by atoms with van der Waals surface area (Å²) in [6.45, 7) is 16.9. The zero-order valence-electron chi connectivity index (χ0n) is 27.0. The van der Waals surface area contributed by atoms with Crippen molar-refractivity contribution in [1.29, 1.82) is 0 Å². The second kappa shape index (κ2) is 13.6. The Labute approximate surface area is 268 Å². The fourth-order valence-corrected chi connectivity index (χ4v) is 8.57. The number of aromatic hydroxyl groups is 1. The molecule has 0 spiro atoms. The molecule has 1 unspecified atom stereocenters. The average Bonchev–Trinajstić information content (AvgIpc) is 3.62. The van der Waals surface area contributed by atoms with Gasteiger partial charge in [0, 0.05) is 48.5 Å². The number of hydrogen-bond acceptors (Lipinski definition) is 11. The second-order valence-electron chi connectivity index (χ2n) is 13.6. The van der Waals surface area contributed by atoms with Crippen molar-refractivity contribution in [1.82, 2.24) is 23.3 Å². The van der Waals surface area contributed by atoms with Gasteiger partial charge in [0.1, 0.15) is 11.8 Å². The van der Waals surface area contributed by atoms with E-state index in [0.29, 0.717) is 5.76 Å². The third kappa shape index (κ3) is 8.71. The highest BCUT2D eigenvalue weighted by molar-refractivity contribution is 7.91. The number of aromatic amines is 1. The molecule has 3 aromatic rings. The summed E-state index contributed by atoms with van der Waals surface area (Å²) < 4.78 is 53.8. The van der Waals surface area contributed by atoms with Gasteiger partial charge in [-0.2, -0.15) is 0 Å². The number of aryl methyl sites for hydroxylation is 1. The maximum Gasteiger partial charge on any atom is 0.254 e. The minimum Gasteiger partial charge on any atom is -0.548 e. The van der Waals surface area contributed by atoms with E-state index >= 15 is 0 Å². The van der Waals surface area contributed by atoms with Crippen LogP contribution in [-0.2, 0) is 16.4 Å². The van der Waals surface area contributed by atoms with Crippen molar-refractivity contribution in [3.05, 3.63) is 34.5 Å². The minimum absolute atomic E-state index is 0.209. The Bertz CT molecular complexity index is 1570. The number of nitrogens with one attached hydrogen (secondary N) is 2. The lowest BCUT2D eigenvalue weighted by molar-refractivity contribution is 0.152. The highest BCUT2D eigenvalue weighted by atomic mass is 32.2. The van der Waals surface area contributed by atoms with E-state index in [1.165, 1.54) is 10.3 Å². The number of aromatic nitrogens is 2. The van der Waals surface area contributed by atoms with E-state index in [-0.39, 0.29) is 26.6 Å². The molecular formula is C29H47N7O5S3. The van der Waals surface area contributed by atoms with Crippen LogP contribution in [0, 0.1) is 5.41 Å². The van der Waals surface area contributed by atoms with Crippen molar-refractivity contribution in [3.8, 4) is 5.75 Å². The molecule has 0 radical (unpaired) electrons. The molecule has 1 aliphatic rings. The molecule has 3 N–H and O–H groups in total. The molecule has 246 valence electrons. The Kier molecular flexibility index (Phi) is 10.7. The number of unbranched alkanes of at least 4 members (excludes halogenated alkanes) is 1. The van der Waals surface area contributed by atoms with E-state index in [2.05, 4.69) is 51.1 Å². The lowest BCUT2D eigenvalue weighted by atomic mass is 9.85. The van der Waals surface area contributed by atoms with E-state index in [4.69, 9.17) is 9.41 Å². The molecule has 4 rings (SSSR count). The number of anilines is 2. The molecule has 2 atom stereocenters. The van der Waals surface area contributed by atoms with Crippen LogP contribution >= 0.6 is 22.5 Å². The third-order valence-corrected chi connectivity index (χ3v) is 11.4. The Morgan fingerprint density at radius 3 is 2.55 bits per heavy atom. The first-order chi connectivity index (χ1) is 20.4. The number of furan rings is 1. The molecule has 0 amide bonds. The second-order valence-corrected chi connectivity index (χ2v) is 17.3. The monoisotopic (exact) mass is 669 g/mol. The van der Waals surface area contributed by atoms with E-state index < -0.39 is 38.5 Å². The first-order valence-electron chi connectivity index (χ1n) is 14.9. The molecule has 0 aliphatic carbocycles. The third-order valence-electron chi connectivity index (χ3n) is 7.45. The number of nitrogens with zero attached hydrogens (tertiary/aromatic N) is 5. The summed E-state index contributed by atoms with van der Waals surface area (Å²) in [6, 6.07) is 1.62. The van der Waals surface area contributed by atoms with Crippen LogP contribution in [0.3, 0.4) is 0 Å². The van der Waals surface area contributed by atoms with Crippen LogP contribution in [0.5, 0.6) is 5.75 Å². The van der Waals surface area contributed by atoms with E-state index in [1.54, 1.807) is 34.1 Å². The minimum atomic E-state index is -3.97. The van der Waals surface area contributed by atoms with Crippen LogP contribution in [0.2, 0.25) is 0 Å². The first-order valence-corrected chi connectivity index (χ1v) is 18.3. The molecule has 1 saturated heterocycles. The zero-order chi connectivity index (χ0) is 32.4. The quantitative estimate of drug-likeness (QED) is 0.196. The predicted octanol–water partition coefficient (Wildman–Crippen LogP) is 4.60. The van der Waals surface area contributed by atoms with Crippen molar-refractivity contribution in [3.63, 3.8) is 0 Å². The molecule has 44 heavy (non-hydrogen) atoms. The highest BCUT2D eigenvalue weighted by Gasteiger charge is 2.32. The summed E-state index contributed by atoms with van der Waals surface area (Å²) >= 11 is -0.898. The molecule has 15 heteroatoms. The number of thiophene rings is 1. The summed E-state index contributed by atoms with van der Waals surface area (Å²) in [4.78, 5) is 11.3. The maximum atomic E-state index is 12.9. The molecular weight excluding hydrogens is 623 g/mol. The van der Waals surface area contributed by atoms with E-state index in [0.717, 1.165) is 68.9 Å². The maximum absolute atomic E-state index is 12.9. The van der Waals surface area contributed by atoms with Gasteiger partial charge in [-0.25, -0.2) is 18.1 Å². The van der Waals surface area contributed by atoms with Gasteiger partial charge in [-0.3, -0.25) is 0 Å². The van der Waals surface area contributed by atoms with Crippen LogP contribution in [0.1, 0.15) is 71.7 Å². The number of sulfonamides is 1. The molecule has 3 aromatic heterocycles. The first kappa shape index (κ1) is 34.6. The van der Waals surface area contributed by atoms with Crippen molar-refractivity contribution >= 4 is 44.0 Å². The van der Waals surface area contributed by atoms with Gasteiger partial charge in [-0.15, -0.1) is 15.7 Å². The van der Waals surface area contributed by atoms with Crippen LogP contribution in [0.25, 0.3) is 0 Å². The number of H-pyrrole nitrogens is 1. The smallest absolute Gasteiger partial charge is 0.254 e. The summed E-state index contributed by atoms with van der Waals surface area (Å²) in [5.41, 5.74) is 0.501. The molecule has 0 bridgehead atoms. The standard InChI is InChI=1S/C29H47N7O5S3/c1-28(2,3)24(22-17-20(18-41-22)11-9-10-12-36-15-13-34(7)14-16-36)30-25-26(32-43(38)31-25)35(8)21-19-42-27(23(21)37)44(39,40)33-29(4,5)6/h17-19,24,33,37H,9-16H2,1-8H3,(H,30,31)/t24-,43?/m0/s1. The van der Waals surface area contributed by atoms with Gasteiger partial charge in [0.15, 0.2) is 21.1 Å². The topological polar surface area (TPSA) is 153 Å². The zero-order valence-corrected chi connectivity index (χ0v) is 29.5.